The summed E-state index contributed by atoms with van der Waals surface area (Å²) in [4.78, 5) is 12.4. The summed E-state index contributed by atoms with van der Waals surface area (Å²) >= 11 is 0. The number of para-hydroxylation sites is 1. The van der Waals surface area contributed by atoms with Crippen LogP contribution in [0.4, 0.5) is 5.69 Å². The lowest BCUT2D eigenvalue weighted by molar-refractivity contribution is -0.111. The largest absolute Gasteiger partial charge is 0.497 e. The highest BCUT2D eigenvalue weighted by Gasteiger charge is 2.07. The average Bonchev–Trinajstić information content (AvgIpc) is 2.74. The zero-order chi connectivity index (χ0) is 19.8. The van der Waals surface area contributed by atoms with Crippen LogP contribution in [-0.2, 0) is 11.2 Å². The Bertz CT molecular complexity index is 965. The van der Waals surface area contributed by atoms with Crippen LogP contribution in [0.3, 0.4) is 0 Å². The lowest BCUT2D eigenvalue weighted by Crippen LogP contribution is -2.10. The Morgan fingerprint density at radius 2 is 1.68 bits per heavy atom. The first kappa shape index (κ1) is 19.2. The minimum atomic E-state index is -0.196. The number of nitrogens with one attached hydrogen (secondary N) is 1. The summed E-state index contributed by atoms with van der Waals surface area (Å²) in [5.74, 6) is 1.15. The summed E-state index contributed by atoms with van der Waals surface area (Å²) in [6, 6.07) is 23.5. The molecule has 0 bridgehead atoms. The van der Waals surface area contributed by atoms with E-state index in [1.165, 1.54) is 11.6 Å². The minimum absolute atomic E-state index is 0.196. The van der Waals surface area contributed by atoms with Crippen molar-refractivity contribution in [2.75, 3.05) is 19.5 Å². The minimum Gasteiger partial charge on any atom is -0.497 e. The molecule has 3 rings (SSSR count). The molecule has 3 aromatic rings. The Kier molecular flexibility index (Phi) is 6.47. The summed E-state index contributed by atoms with van der Waals surface area (Å²) in [5.41, 5.74) is 3.87. The molecule has 1 amide bonds. The molecular formula is C24H23NO3. The first-order valence-corrected chi connectivity index (χ1v) is 9.02. The average molecular weight is 373 g/mol. The van der Waals surface area contributed by atoms with Crippen molar-refractivity contribution in [2.45, 2.75) is 6.42 Å². The molecule has 1 N–H and O–H groups in total. The highest BCUT2D eigenvalue weighted by atomic mass is 16.5. The van der Waals surface area contributed by atoms with E-state index in [1.54, 1.807) is 26.4 Å². The van der Waals surface area contributed by atoms with Gasteiger partial charge in [-0.1, -0.05) is 48.5 Å². The lowest BCUT2D eigenvalue weighted by Gasteiger charge is -2.10. The Hall–Kier alpha value is -3.53. The van der Waals surface area contributed by atoms with Gasteiger partial charge in [0.2, 0.25) is 5.91 Å². The van der Waals surface area contributed by atoms with Crippen molar-refractivity contribution in [2.24, 2.45) is 0 Å². The fourth-order valence-electron chi connectivity index (χ4n) is 2.91. The number of hydrogen-bond acceptors (Lipinski definition) is 3. The van der Waals surface area contributed by atoms with E-state index in [1.807, 2.05) is 54.6 Å². The van der Waals surface area contributed by atoms with Gasteiger partial charge in [0.1, 0.15) is 11.5 Å². The molecule has 0 aliphatic rings. The summed E-state index contributed by atoms with van der Waals surface area (Å²) in [6.07, 6.45) is 3.99. The van der Waals surface area contributed by atoms with E-state index in [-0.39, 0.29) is 5.91 Å². The second-order valence-electron chi connectivity index (χ2n) is 6.25. The SMILES string of the molecule is COc1ccc(/C=C/C(=O)Nc2ccccc2Cc2ccccc2)c(OC)c1. The third-order valence-corrected chi connectivity index (χ3v) is 4.37. The van der Waals surface area contributed by atoms with Crippen molar-refractivity contribution >= 4 is 17.7 Å². The van der Waals surface area contributed by atoms with Gasteiger partial charge in [-0.15, -0.1) is 0 Å². The van der Waals surface area contributed by atoms with Crippen molar-refractivity contribution in [3.05, 3.63) is 95.6 Å². The number of carbonyl (C=O) groups is 1. The molecular weight excluding hydrogens is 350 g/mol. The summed E-state index contributed by atoms with van der Waals surface area (Å²) in [5, 5.41) is 2.97. The molecule has 0 atom stereocenters. The zero-order valence-electron chi connectivity index (χ0n) is 16.0. The fourth-order valence-corrected chi connectivity index (χ4v) is 2.91. The topological polar surface area (TPSA) is 47.6 Å². The molecule has 0 radical (unpaired) electrons. The molecule has 0 spiro atoms. The van der Waals surface area contributed by atoms with Gasteiger partial charge in [0, 0.05) is 23.4 Å². The van der Waals surface area contributed by atoms with Crippen LogP contribution in [0, 0.1) is 0 Å². The Labute approximate surface area is 165 Å². The number of benzene rings is 3. The van der Waals surface area contributed by atoms with Crippen molar-refractivity contribution in [3.63, 3.8) is 0 Å². The third kappa shape index (κ3) is 5.01. The van der Waals surface area contributed by atoms with Crippen LogP contribution in [0.25, 0.3) is 6.08 Å². The van der Waals surface area contributed by atoms with E-state index in [9.17, 15) is 4.79 Å². The monoisotopic (exact) mass is 373 g/mol. The van der Waals surface area contributed by atoms with Crippen LogP contribution in [0.2, 0.25) is 0 Å². The van der Waals surface area contributed by atoms with Gasteiger partial charge in [-0.2, -0.15) is 0 Å². The fraction of sp³-hybridized carbons (Fsp3) is 0.125. The molecule has 4 nitrogen and oxygen atoms in total. The molecule has 0 aliphatic heterocycles. The van der Waals surface area contributed by atoms with Crippen LogP contribution in [0.5, 0.6) is 11.5 Å². The lowest BCUT2D eigenvalue weighted by atomic mass is 10.0. The van der Waals surface area contributed by atoms with Gasteiger partial charge < -0.3 is 14.8 Å². The van der Waals surface area contributed by atoms with Crippen LogP contribution in [0.15, 0.2) is 78.9 Å². The molecule has 0 saturated heterocycles. The summed E-state index contributed by atoms with van der Waals surface area (Å²) < 4.78 is 10.6. The first-order valence-electron chi connectivity index (χ1n) is 9.02. The number of methoxy groups -OCH3 is 2. The molecule has 28 heavy (non-hydrogen) atoms. The summed E-state index contributed by atoms with van der Waals surface area (Å²) in [7, 11) is 3.19. The van der Waals surface area contributed by atoms with E-state index in [4.69, 9.17) is 9.47 Å². The van der Waals surface area contributed by atoms with Gasteiger partial charge in [-0.05, 0) is 41.8 Å². The Morgan fingerprint density at radius 1 is 0.929 bits per heavy atom. The maximum absolute atomic E-state index is 12.4. The number of amides is 1. The number of hydrogen-bond donors (Lipinski definition) is 1. The molecule has 0 heterocycles. The molecule has 0 unspecified atom stereocenters. The number of anilines is 1. The molecule has 0 aromatic heterocycles. The van der Waals surface area contributed by atoms with E-state index in [0.29, 0.717) is 11.5 Å². The summed E-state index contributed by atoms with van der Waals surface area (Å²) in [6.45, 7) is 0. The second kappa shape index (κ2) is 9.42. The molecule has 0 aliphatic carbocycles. The third-order valence-electron chi connectivity index (χ3n) is 4.37. The van der Waals surface area contributed by atoms with E-state index in [2.05, 4.69) is 17.4 Å². The molecule has 142 valence electrons. The Balaban J connectivity index is 1.73. The molecule has 3 aromatic carbocycles. The number of rotatable bonds is 7. The predicted octanol–water partition coefficient (Wildman–Crippen LogP) is 4.95. The van der Waals surface area contributed by atoms with Crippen molar-refractivity contribution < 1.29 is 14.3 Å². The van der Waals surface area contributed by atoms with Crippen LogP contribution in [0.1, 0.15) is 16.7 Å². The smallest absolute Gasteiger partial charge is 0.248 e. The van der Waals surface area contributed by atoms with Crippen LogP contribution in [-0.4, -0.2) is 20.1 Å². The maximum atomic E-state index is 12.4. The predicted molar refractivity (Wildman–Crippen MR) is 113 cm³/mol. The van der Waals surface area contributed by atoms with Gasteiger partial charge in [-0.25, -0.2) is 0 Å². The number of carbonyl (C=O) groups excluding carboxylic acids is 1. The van der Waals surface area contributed by atoms with Crippen molar-refractivity contribution in [1.29, 1.82) is 0 Å². The van der Waals surface area contributed by atoms with Gasteiger partial charge in [0.05, 0.1) is 14.2 Å². The molecule has 0 saturated carbocycles. The van der Waals surface area contributed by atoms with Crippen LogP contribution < -0.4 is 14.8 Å². The van der Waals surface area contributed by atoms with Crippen molar-refractivity contribution in [3.8, 4) is 11.5 Å². The van der Waals surface area contributed by atoms with E-state index >= 15 is 0 Å². The quantitative estimate of drug-likeness (QED) is 0.596. The molecule has 4 heteroatoms. The van der Waals surface area contributed by atoms with E-state index < -0.39 is 0 Å². The van der Waals surface area contributed by atoms with Crippen LogP contribution >= 0.6 is 0 Å². The van der Waals surface area contributed by atoms with Gasteiger partial charge in [0.25, 0.3) is 0 Å². The highest BCUT2D eigenvalue weighted by molar-refractivity contribution is 6.02. The Morgan fingerprint density at radius 3 is 2.43 bits per heavy atom. The maximum Gasteiger partial charge on any atom is 0.248 e. The van der Waals surface area contributed by atoms with Gasteiger partial charge in [0.15, 0.2) is 0 Å². The van der Waals surface area contributed by atoms with Crippen molar-refractivity contribution in [1.82, 2.24) is 0 Å². The second-order valence-corrected chi connectivity index (χ2v) is 6.25. The highest BCUT2D eigenvalue weighted by Crippen LogP contribution is 2.25. The van der Waals surface area contributed by atoms with E-state index in [0.717, 1.165) is 23.2 Å². The number of ether oxygens (including phenoxy) is 2. The standard InChI is InChI=1S/C24H23NO3/c1-27-21-14-12-19(23(17-21)28-2)13-15-24(26)25-22-11-7-6-10-20(22)16-18-8-4-3-5-9-18/h3-15,17H,16H2,1-2H3,(H,25,26)/b15-13+. The van der Waals surface area contributed by atoms with Gasteiger partial charge >= 0.3 is 0 Å². The normalized spacial score (nSPS) is 10.6. The molecule has 0 fully saturated rings. The zero-order valence-corrected chi connectivity index (χ0v) is 16.0. The van der Waals surface area contributed by atoms with Gasteiger partial charge in [-0.3, -0.25) is 4.79 Å². The first-order chi connectivity index (χ1) is 13.7.